The van der Waals surface area contributed by atoms with Crippen molar-refractivity contribution in [3.05, 3.63) is 76.5 Å². The summed E-state index contributed by atoms with van der Waals surface area (Å²) in [6.07, 6.45) is 8.49. The third-order valence-electron chi connectivity index (χ3n) is 12.2. The van der Waals surface area contributed by atoms with Gasteiger partial charge in [-0.25, -0.2) is 9.59 Å². The SMILES string of the molecule is CCOC(=O)c1nnc(C2CCN(C3CCN(C(=O)[C@@H](Cc4cc(C)c5[nH]ncc5c4)NC(=O)N4CCC(C5=Cc6ccccc6NC5O)CC4)CC3)CC2)[nH]1. The van der Waals surface area contributed by atoms with Crippen molar-refractivity contribution in [2.24, 2.45) is 5.92 Å². The molecule has 15 heteroatoms. The number of aliphatic hydroxyl groups excluding tert-OH is 1. The molecular weight excluding hydrogens is 713 g/mol. The van der Waals surface area contributed by atoms with Crippen LogP contribution >= 0.6 is 0 Å². The zero-order valence-corrected chi connectivity index (χ0v) is 32.2. The Labute approximate surface area is 326 Å². The van der Waals surface area contributed by atoms with Gasteiger partial charge in [0.05, 0.1) is 18.3 Å². The molecule has 5 N–H and O–H groups in total. The van der Waals surface area contributed by atoms with E-state index in [2.05, 4.69) is 53.1 Å². The predicted molar refractivity (Wildman–Crippen MR) is 211 cm³/mol. The number of carbonyl (C=O) groups excluding carboxylic acids is 3. The fourth-order valence-electron chi connectivity index (χ4n) is 9.07. The predicted octanol–water partition coefficient (Wildman–Crippen LogP) is 4.20. The Morgan fingerprint density at radius 3 is 2.45 bits per heavy atom. The Morgan fingerprint density at radius 1 is 0.946 bits per heavy atom. The number of benzene rings is 2. The fraction of sp³-hybridized carbons (Fsp3) is 0.512. The van der Waals surface area contributed by atoms with Crippen LogP contribution in [0.25, 0.3) is 17.0 Å². The molecular formula is C41H52N10O5. The quantitative estimate of drug-likeness (QED) is 0.155. The van der Waals surface area contributed by atoms with Crippen molar-refractivity contribution in [2.75, 3.05) is 51.2 Å². The van der Waals surface area contributed by atoms with Gasteiger partial charge in [0.25, 0.3) is 0 Å². The number of aryl methyl sites for hydroxylation is 1. The molecule has 6 heterocycles. The Balaban J connectivity index is 0.887. The first-order valence-corrected chi connectivity index (χ1v) is 20.1. The van der Waals surface area contributed by atoms with Crippen molar-refractivity contribution in [3.8, 4) is 0 Å². The molecule has 2 aromatic carbocycles. The minimum absolute atomic E-state index is 0.0571. The summed E-state index contributed by atoms with van der Waals surface area (Å²) in [4.78, 5) is 49.6. The van der Waals surface area contributed by atoms with Crippen LogP contribution in [0.1, 0.15) is 84.5 Å². The molecule has 15 nitrogen and oxygen atoms in total. The number of urea groups is 1. The van der Waals surface area contributed by atoms with Gasteiger partial charge < -0.3 is 40.2 Å². The van der Waals surface area contributed by atoms with Crippen LogP contribution in [0.15, 0.2) is 48.2 Å². The molecule has 0 saturated carbocycles. The van der Waals surface area contributed by atoms with E-state index in [1.807, 2.05) is 47.1 Å². The van der Waals surface area contributed by atoms with E-state index in [9.17, 15) is 19.5 Å². The molecule has 3 saturated heterocycles. The molecule has 3 amide bonds. The molecule has 0 radical (unpaired) electrons. The van der Waals surface area contributed by atoms with E-state index in [1.165, 1.54) is 0 Å². The van der Waals surface area contributed by atoms with Gasteiger partial charge in [0.15, 0.2) is 0 Å². The van der Waals surface area contributed by atoms with Crippen LogP contribution in [0.5, 0.6) is 0 Å². The number of piperidine rings is 3. The van der Waals surface area contributed by atoms with Gasteiger partial charge in [0.2, 0.25) is 11.7 Å². The Bertz CT molecular complexity index is 2070. The molecule has 2 aromatic heterocycles. The van der Waals surface area contributed by atoms with Crippen molar-refractivity contribution in [2.45, 2.75) is 83.0 Å². The van der Waals surface area contributed by atoms with Crippen molar-refractivity contribution in [1.29, 1.82) is 0 Å². The maximum absolute atomic E-state index is 14.4. The topological polar surface area (TPSA) is 185 Å². The molecule has 8 rings (SSSR count). The Hall–Kier alpha value is -5.28. The Morgan fingerprint density at radius 2 is 1.68 bits per heavy atom. The number of carbonyl (C=O) groups is 3. The van der Waals surface area contributed by atoms with Crippen molar-refractivity contribution in [1.82, 2.24) is 45.4 Å². The number of hydrogen-bond donors (Lipinski definition) is 5. The summed E-state index contributed by atoms with van der Waals surface area (Å²) < 4.78 is 5.05. The molecule has 1 unspecified atom stereocenters. The molecule has 0 bridgehead atoms. The first-order valence-electron chi connectivity index (χ1n) is 20.1. The van der Waals surface area contributed by atoms with Crippen LogP contribution in [0.4, 0.5) is 10.5 Å². The number of amides is 3. The van der Waals surface area contributed by atoms with E-state index >= 15 is 0 Å². The molecule has 4 aliphatic heterocycles. The highest BCUT2D eigenvalue weighted by molar-refractivity contribution is 5.88. The number of nitrogens with zero attached hydrogens (tertiary/aromatic N) is 6. The number of aliphatic hydroxyl groups is 1. The number of nitrogens with one attached hydrogen (secondary N) is 4. The fourth-order valence-corrected chi connectivity index (χ4v) is 9.07. The van der Waals surface area contributed by atoms with Crippen LogP contribution in [0, 0.1) is 12.8 Å². The smallest absolute Gasteiger partial charge is 0.376 e. The molecule has 4 aliphatic rings. The number of hydrogen-bond acceptors (Lipinski definition) is 10. The van der Waals surface area contributed by atoms with Gasteiger partial charge >= 0.3 is 12.0 Å². The summed E-state index contributed by atoms with van der Waals surface area (Å²) in [6, 6.07) is 11.5. The highest BCUT2D eigenvalue weighted by Crippen LogP contribution is 2.35. The second kappa shape index (κ2) is 16.4. The van der Waals surface area contributed by atoms with Gasteiger partial charge in [-0.1, -0.05) is 24.3 Å². The van der Waals surface area contributed by atoms with Gasteiger partial charge in [-0.2, -0.15) is 5.10 Å². The monoisotopic (exact) mass is 764 g/mol. The normalized spacial score (nSPS) is 20.6. The lowest BCUT2D eigenvalue weighted by atomic mass is 9.85. The average Bonchev–Trinajstić information content (AvgIpc) is 3.92. The van der Waals surface area contributed by atoms with Crippen LogP contribution in [-0.4, -0.2) is 127 Å². The number of esters is 1. The molecule has 296 valence electrons. The summed E-state index contributed by atoms with van der Waals surface area (Å²) >= 11 is 0. The van der Waals surface area contributed by atoms with Crippen molar-refractivity contribution >= 4 is 40.6 Å². The van der Waals surface area contributed by atoms with E-state index in [-0.39, 0.29) is 36.2 Å². The van der Waals surface area contributed by atoms with Gasteiger partial charge in [-0.3, -0.25) is 9.89 Å². The van der Waals surface area contributed by atoms with Crippen LogP contribution in [0.2, 0.25) is 0 Å². The van der Waals surface area contributed by atoms with E-state index < -0.39 is 18.2 Å². The van der Waals surface area contributed by atoms with E-state index in [1.54, 1.807) is 13.1 Å². The highest BCUT2D eigenvalue weighted by atomic mass is 16.5. The zero-order valence-electron chi connectivity index (χ0n) is 32.2. The summed E-state index contributed by atoms with van der Waals surface area (Å²) in [5.74, 6) is 0.690. The number of ether oxygens (including phenoxy) is 1. The summed E-state index contributed by atoms with van der Waals surface area (Å²) in [5, 5.41) is 33.7. The van der Waals surface area contributed by atoms with Crippen molar-refractivity contribution < 1.29 is 24.2 Å². The summed E-state index contributed by atoms with van der Waals surface area (Å²) in [6.45, 7) is 8.21. The number of aromatic nitrogens is 5. The zero-order chi connectivity index (χ0) is 38.8. The van der Waals surface area contributed by atoms with Crippen LogP contribution < -0.4 is 10.6 Å². The lowest BCUT2D eigenvalue weighted by molar-refractivity contribution is -0.135. The van der Waals surface area contributed by atoms with Crippen LogP contribution in [0.3, 0.4) is 0 Å². The number of fused-ring (bicyclic) bond motifs is 2. The second-order valence-electron chi connectivity index (χ2n) is 15.6. The largest absolute Gasteiger partial charge is 0.460 e. The minimum Gasteiger partial charge on any atom is -0.460 e. The molecule has 0 spiro atoms. The second-order valence-corrected chi connectivity index (χ2v) is 15.6. The number of rotatable bonds is 9. The molecule has 2 atom stereocenters. The average molecular weight is 765 g/mol. The lowest BCUT2D eigenvalue weighted by Gasteiger charge is -2.42. The first-order chi connectivity index (χ1) is 27.2. The van der Waals surface area contributed by atoms with Crippen molar-refractivity contribution in [3.63, 3.8) is 0 Å². The third-order valence-corrected chi connectivity index (χ3v) is 12.2. The lowest BCUT2D eigenvalue weighted by Crippen LogP contribution is -2.56. The number of aromatic amines is 2. The van der Waals surface area contributed by atoms with E-state index in [0.717, 1.165) is 96.3 Å². The number of likely N-dealkylation sites (tertiary alicyclic amines) is 3. The van der Waals surface area contributed by atoms with Gasteiger partial charge in [0.1, 0.15) is 18.1 Å². The van der Waals surface area contributed by atoms with Gasteiger partial charge in [-0.15, -0.1) is 10.2 Å². The maximum Gasteiger partial charge on any atom is 0.376 e. The number of H-pyrrole nitrogens is 2. The standard InChI is InChI=1S/C41H52N10O5/c1-3-56-40(54)37-45-36(47-48-37)28-10-14-49(15-11-28)31-12-18-50(19-13-31)39(53)34(22-26-20-25(2)35-30(21-26)24-42-46-35)44-41(55)51-16-8-27(9-17-51)32-23-29-6-4-5-7-33(29)43-38(32)52/h4-7,20-21,23-24,27-28,31,34,38,43,52H,3,8-19,22H2,1-2H3,(H,42,46)(H,44,55)(H,45,47,48)/t34-,38?/m1/s1. The molecule has 0 aliphatic carbocycles. The third kappa shape index (κ3) is 8.01. The van der Waals surface area contributed by atoms with Gasteiger partial charge in [-0.05, 0) is 112 Å². The van der Waals surface area contributed by atoms with Gasteiger partial charge in [0, 0.05) is 55.6 Å². The molecule has 3 fully saturated rings. The highest BCUT2D eigenvalue weighted by Gasteiger charge is 2.36. The number of para-hydroxylation sites is 1. The maximum atomic E-state index is 14.4. The summed E-state index contributed by atoms with van der Waals surface area (Å²) in [7, 11) is 0. The van der Waals surface area contributed by atoms with E-state index in [4.69, 9.17) is 4.74 Å². The molecule has 56 heavy (non-hydrogen) atoms. The Kier molecular flexibility index (Phi) is 11.1. The van der Waals surface area contributed by atoms with Crippen LogP contribution in [-0.2, 0) is 16.0 Å². The summed E-state index contributed by atoms with van der Waals surface area (Å²) in [5.41, 5.74) is 5.90. The molecule has 4 aromatic rings. The first kappa shape index (κ1) is 37.6. The number of anilines is 1. The van der Waals surface area contributed by atoms with E-state index in [0.29, 0.717) is 38.6 Å². The minimum atomic E-state index is -0.754.